The molecule has 30 heavy (non-hydrogen) atoms. The Balaban J connectivity index is 1.79. The van der Waals surface area contributed by atoms with Crippen LogP contribution in [0.25, 0.3) is 11.1 Å². The molecule has 1 aromatic heterocycles. The lowest BCUT2D eigenvalue weighted by Gasteiger charge is -2.13. The number of pyridine rings is 1. The summed E-state index contributed by atoms with van der Waals surface area (Å²) in [6, 6.07) is 19.1. The second-order valence-corrected chi connectivity index (χ2v) is 7.31. The van der Waals surface area contributed by atoms with Gasteiger partial charge in [0.1, 0.15) is 11.1 Å². The van der Waals surface area contributed by atoms with Crippen LogP contribution in [0, 0.1) is 18.3 Å². The molecule has 0 radical (unpaired) electrons. The summed E-state index contributed by atoms with van der Waals surface area (Å²) in [5.41, 5.74) is 0.831. The zero-order chi connectivity index (χ0) is 21.7. The Labute approximate surface area is 175 Å². The Hall–Kier alpha value is -3.31. The number of rotatable bonds is 5. The molecule has 0 spiro atoms. The zero-order valence-electron chi connectivity index (χ0n) is 15.8. The standard InChI is InChI=1S/C22H16F3N3OS/c1-14-11-18(22(23,24)25)17(12-26)21(27-14)30-13-20(29)28-19-10-6-5-9-16(19)15-7-3-2-4-8-15/h2-11H,13H2,1H3,(H,28,29). The summed E-state index contributed by atoms with van der Waals surface area (Å²) in [7, 11) is 0. The van der Waals surface area contributed by atoms with Crippen LogP contribution in [0.4, 0.5) is 18.9 Å². The molecule has 2 aromatic carbocycles. The molecule has 0 fully saturated rings. The molecule has 8 heteroatoms. The minimum absolute atomic E-state index is 0.115. The lowest BCUT2D eigenvalue weighted by Crippen LogP contribution is -2.16. The Bertz CT molecular complexity index is 1110. The summed E-state index contributed by atoms with van der Waals surface area (Å²) < 4.78 is 39.7. The van der Waals surface area contributed by atoms with E-state index in [9.17, 15) is 23.2 Å². The molecule has 1 heterocycles. The molecule has 3 rings (SSSR count). The third-order valence-electron chi connectivity index (χ3n) is 4.16. The van der Waals surface area contributed by atoms with Gasteiger partial charge in [0.2, 0.25) is 5.91 Å². The van der Waals surface area contributed by atoms with Crippen LogP contribution in [0.15, 0.2) is 65.7 Å². The number of carbonyl (C=O) groups is 1. The predicted molar refractivity (Wildman–Crippen MR) is 110 cm³/mol. The Kier molecular flexibility index (Phi) is 6.43. The summed E-state index contributed by atoms with van der Waals surface area (Å²) in [5.74, 6) is -0.602. The lowest BCUT2D eigenvalue weighted by atomic mass is 10.0. The minimum Gasteiger partial charge on any atom is -0.325 e. The van der Waals surface area contributed by atoms with Gasteiger partial charge in [-0.3, -0.25) is 4.79 Å². The zero-order valence-corrected chi connectivity index (χ0v) is 16.6. The van der Waals surface area contributed by atoms with Crippen molar-refractivity contribution in [2.24, 2.45) is 0 Å². The topological polar surface area (TPSA) is 65.8 Å². The van der Waals surface area contributed by atoms with Crippen molar-refractivity contribution < 1.29 is 18.0 Å². The van der Waals surface area contributed by atoms with Gasteiger partial charge < -0.3 is 5.32 Å². The van der Waals surface area contributed by atoms with E-state index in [1.54, 1.807) is 18.2 Å². The number of aryl methyl sites for hydroxylation is 1. The van der Waals surface area contributed by atoms with Gasteiger partial charge in [-0.15, -0.1) is 0 Å². The average Bonchev–Trinajstić information content (AvgIpc) is 2.72. The summed E-state index contributed by atoms with van der Waals surface area (Å²) in [6.45, 7) is 1.41. The first kappa shape index (κ1) is 21.4. The van der Waals surface area contributed by atoms with E-state index >= 15 is 0 Å². The highest BCUT2D eigenvalue weighted by molar-refractivity contribution is 8.00. The van der Waals surface area contributed by atoms with Crippen molar-refractivity contribution in [3.63, 3.8) is 0 Å². The number of para-hydroxylation sites is 1. The summed E-state index contributed by atoms with van der Waals surface area (Å²) >= 11 is 0.799. The van der Waals surface area contributed by atoms with Crippen molar-refractivity contribution in [3.05, 3.63) is 77.5 Å². The fourth-order valence-corrected chi connectivity index (χ4v) is 3.71. The van der Waals surface area contributed by atoms with Crippen LogP contribution in [-0.4, -0.2) is 16.6 Å². The van der Waals surface area contributed by atoms with E-state index in [2.05, 4.69) is 10.3 Å². The maximum atomic E-state index is 13.2. The second kappa shape index (κ2) is 9.01. The van der Waals surface area contributed by atoms with Crippen LogP contribution in [0.2, 0.25) is 0 Å². The molecule has 3 aromatic rings. The first-order chi connectivity index (χ1) is 14.3. The van der Waals surface area contributed by atoms with Gasteiger partial charge in [-0.25, -0.2) is 4.98 Å². The SMILES string of the molecule is Cc1cc(C(F)(F)F)c(C#N)c(SCC(=O)Nc2ccccc2-c2ccccc2)n1. The number of thioether (sulfide) groups is 1. The number of halogens is 3. The van der Waals surface area contributed by atoms with Gasteiger partial charge in [-0.1, -0.05) is 60.3 Å². The van der Waals surface area contributed by atoms with Crippen LogP contribution in [0.5, 0.6) is 0 Å². The van der Waals surface area contributed by atoms with Gasteiger partial charge in [-0.2, -0.15) is 18.4 Å². The minimum atomic E-state index is -4.68. The van der Waals surface area contributed by atoms with Crippen molar-refractivity contribution in [3.8, 4) is 17.2 Å². The molecule has 0 atom stereocenters. The number of carbonyl (C=O) groups excluding carboxylic acids is 1. The highest BCUT2D eigenvalue weighted by Crippen LogP contribution is 2.36. The number of benzene rings is 2. The van der Waals surface area contributed by atoms with Crippen molar-refractivity contribution in [1.29, 1.82) is 5.26 Å². The molecule has 0 saturated heterocycles. The molecule has 152 valence electrons. The fourth-order valence-electron chi connectivity index (χ4n) is 2.86. The Morgan fingerprint density at radius 3 is 2.47 bits per heavy atom. The van der Waals surface area contributed by atoms with Crippen molar-refractivity contribution in [2.45, 2.75) is 18.1 Å². The average molecular weight is 427 g/mol. The van der Waals surface area contributed by atoms with Gasteiger partial charge in [0.05, 0.1) is 16.9 Å². The largest absolute Gasteiger partial charge is 0.417 e. The molecule has 0 unspecified atom stereocenters. The number of aromatic nitrogens is 1. The van der Waals surface area contributed by atoms with Crippen molar-refractivity contribution in [2.75, 3.05) is 11.1 Å². The van der Waals surface area contributed by atoms with E-state index in [0.717, 1.165) is 29.0 Å². The first-order valence-corrected chi connectivity index (χ1v) is 9.84. The Morgan fingerprint density at radius 2 is 1.80 bits per heavy atom. The fraction of sp³-hybridized carbons (Fsp3) is 0.136. The third-order valence-corrected chi connectivity index (χ3v) is 5.13. The molecule has 0 aliphatic carbocycles. The van der Waals surface area contributed by atoms with Crippen LogP contribution in [0.1, 0.15) is 16.8 Å². The predicted octanol–water partition coefficient (Wildman–Crippen LogP) is 5.68. The number of hydrogen-bond acceptors (Lipinski definition) is 4. The van der Waals surface area contributed by atoms with E-state index in [1.165, 1.54) is 6.92 Å². The second-order valence-electron chi connectivity index (χ2n) is 6.35. The smallest absolute Gasteiger partial charge is 0.325 e. The van der Waals surface area contributed by atoms with Crippen LogP contribution in [-0.2, 0) is 11.0 Å². The van der Waals surface area contributed by atoms with E-state index in [-0.39, 0.29) is 16.5 Å². The highest BCUT2D eigenvalue weighted by Gasteiger charge is 2.35. The molecule has 0 bridgehead atoms. The number of anilines is 1. The summed E-state index contributed by atoms with van der Waals surface area (Å²) in [6.07, 6.45) is -4.68. The molecule has 4 nitrogen and oxygen atoms in total. The van der Waals surface area contributed by atoms with E-state index < -0.39 is 23.2 Å². The number of amides is 1. The van der Waals surface area contributed by atoms with Crippen LogP contribution < -0.4 is 5.32 Å². The first-order valence-electron chi connectivity index (χ1n) is 8.85. The number of nitrogens with one attached hydrogen (secondary N) is 1. The maximum Gasteiger partial charge on any atom is 0.417 e. The summed E-state index contributed by atoms with van der Waals surface area (Å²) in [5, 5.41) is 11.9. The molecule has 0 saturated carbocycles. The third kappa shape index (κ3) is 4.99. The molecule has 0 aliphatic rings. The number of nitriles is 1. The molecule has 1 amide bonds. The van der Waals surface area contributed by atoms with E-state index in [0.29, 0.717) is 5.69 Å². The summed E-state index contributed by atoms with van der Waals surface area (Å²) in [4.78, 5) is 16.5. The van der Waals surface area contributed by atoms with Crippen molar-refractivity contribution in [1.82, 2.24) is 4.98 Å². The number of hydrogen-bond donors (Lipinski definition) is 1. The van der Waals surface area contributed by atoms with Crippen molar-refractivity contribution >= 4 is 23.4 Å². The van der Waals surface area contributed by atoms with Gasteiger partial charge in [0.15, 0.2) is 0 Å². The molecule has 0 aliphatic heterocycles. The Morgan fingerprint density at radius 1 is 1.13 bits per heavy atom. The molecule has 1 N–H and O–H groups in total. The van der Waals surface area contributed by atoms with Gasteiger partial charge >= 0.3 is 6.18 Å². The van der Waals surface area contributed by atoms with Crippen LogP contribution in [0.3, 0.4) is 0 Å². The monoisotopic (exact) mass is 427 g/mol. The van der Waals surface area contributed by atoms with E-state index in [1.807, 2.05) is 42.5 Å². The van der Waals surface area contributed by atoms with E-state index in [4.69, 9.17) is 0 Å². The maximum absolute atomic E-state index is 13.2. The van der Waals surface area contributed by atoms with Gasteiger partial charge in [0, 0.05) is 16.9 Å². The molecular formula is C22H16F3N3OS. The molecular weight excluding hydrogens is 411 g/mol. The number of nitrogens with zero attached hydrogens (tertiary/aromatic N) is 2. The lowest BCUT2D eigenvalue weighted by molar-refractivity contribution is -0.138. The number of alkyl halides is 3. The van der Waals surface area contributed by atoms with Crippen LogP contribution >= 0.6 is 11.8 Å². The van der Waals surface area contributed by atoms with Gasteiger partial charge in [-0.05, 0) is 24.6 Å². The quantitative estimate of drug-likeness (QED) is 0.532. The van der Waals surface area contributed by atoms with Gasteiger partial charge in [0.25, 0.3) is 0 Å². The normalized spacial score (nSPS) is 11.0. The highest BCUT2D eigenvalue weighted by atomic mass is 32.2.